The molecule has 158 valence electrons. The molecule has 0 saturated heterocycles. The smallest absolute Gasteiger partial charge is 0.309 e. The van der Waals surface area contributed by atoms with Gasteiger partial charge >= 0.3 is 11.8 Å². The number of hydrogen-bond acceptors (Lipinski definition) is 5. The Balaban J connectivity index is 2.60. The summed E-state index contributed by atoms with van der Waals surface area (Å²) in [6, 6.07) is 8.22. The third-order valence-corrected chi connectivity index (χ3v) is 4.32. The van der Waals surface area contributed by atoms with Gasteiger partial charge in [-0.1, -0.05) is 12.1 Å². The molecule has 1 atom stereocenters. The number of carbonyl (C=O) groups is 2. The molecule has 0 bridgehead atoms. The fraction of sp³-hybridized carbons (Fsp3) is 0.600. The van der Waals surface area contributed by atoms with Gasteiger partial charge in [-0.3, -0.25) is 9.59 Å². The van der Waals surface area contributed by atoms with E-state index in [1.54, 1.807) is 0 Å². The molecule has 0 fully saturated rings. The summed E-state index contributed by atoms with van der Waals surface area (Å²) in [5, 5.41) is 5.28. The molecule has 1 rings (SSSR count). The van der Waals surface area contributed by atoms with E-state index in [1.165, 1.54) is 0 Å². The Kier molecular flexibility index (Phi) is 10.5. The van der Waals surface area contributed by atoms with Crippen LogP contribution in [-0.4, -0.2) is 72.6 Å². The van der Waals surface area contributed by atoms with Gasteiger partial charge in [0.25, 0.3) is 0 Å². The van der Waals surface area contributed by atoms with Crippen molar-refractivity contribution in [3.05, 3.63) is 29.8 Å². The molecule has 0 aliphatic rings. The van der Waals surface area contributed by atoms with E-state index in [0.29, 0.717) is 19.8 Å². The molecule has 0 radical (unpaired) electrons. The lowest BCUT2D eigenvalue weighted by Gasteiger charge is -2.23. The number of likely N-dealkylation sites (N-methyl/N-ethyl adjacent to an activating group) is 1. The van der Waals surface area contributed by atoms with Crippen molar-refractivity contribution in [2.24, 2.45) is 0 Å². The van der Waals surface area contributed by atoms with Crippen molar-refractivity contribution in [2.45, 2.75) is 26.2 Å². The lowest BCUT2D eigenvalue weighted by Crippen LogP contribution is -3.07. The van der Waals surface area contributed by atoms with Crippen LogP contribution >= 0.6 is 0 Å². The van der Waals surface area contributed by atoms with Gasteiger partial charge in [-0.2, -0.15) is 0 Å². The molecule has 3 N–H and O–H groups in total. The van der Waals surface area contributed by atoms with Crippen LogP contribution in [0.5, 0.6) is 0 Å². The number of ether oxygens (including phenoxy) is 2. The maximum Gasteiger partial charge on any atom is 0.309 e. The third-order valence-electron chi connectivity index (χ3n) is 4.32. The monoisotopic (exact) mass is 395 g/mol. The van der Waals surface area contributed by atoms with Gasteiger partial charge in [0.15, 0.2) is 6.29 Å². The Morgan fingerprint density at radius 2 is 1.46 bits per heavy atom. The van der Waals surface area contributed by atoms with Crippen LogP contribution in [0.15, 0.2) is 24.3 Å². The fourth-order valence-corrected chi connectivity index (χ4v) is 2.73. The average Bonchev–Trinajstić information content (AvgIpc) is 2.66. The van der Waals surface area contributed by atoms with Crippen LogP contribution in [0.3, 0.4) is 0 Å². The van der Waals surface area contributed by atoms with Crippen LogP contribution in [0.4, 0.5) is 5.69 Å². The van der Waals surface area contributed by atoms with Gasteiger partial charge < -0.3 is 29.9 Å². The van der Waals surface area contributed by atoms with Crippen molar-refractivity contribution in [3.63, 3.8) is 0 Å². The molecule has 0 unspecified atom stereocenters. The minimum absolute atomic E-state index is 0.0348. The van der Waals surface area contributed by atoms with Gasteiger partial charge in [0, 0.05) is 38.6 Å². The number of hydrogen-bond donors (Lipinski definition) is 3. The number of amides is 2. The molecule has 8 nitrogen and oxygen atoms in total. The SMILES string of the molecule is CCOC(CNC(=O)C(=O)NC[C@H](c1ccc(N(C)C)cc1)[NH+](C)C)OCC. The first kappa shape index (κ1) is 23.9. The maximum absolute atomic E-state index is 12.2. The van der Waals surface area contributed by atoms with E-state index in [9.17, 15) is 9.59 Å². The largest absolute Gasteiger partial charge is 0.378 e. The number of nitrogens with one attached hydrogen (secondary N) is 3. The standard InChI is InChI=1S/C20H34N4O4/c1-7-27-18(28-8-2)14-22-20(26)19(25)21-13-17(24(5)6)15-9-11-16(12-10-15)23(3)4/h9-12,17-18H,7-8,13-14H2,1-6H3,(H,21,25)(H,22,26)/p+1/t17-/m1/s1. The quantitative estimate of drug-likeness (QED) is 0.350. The summed E-state index contributed by atoms with van der Waals surface area (Å²) in [6.45, 7) is 5.10. The Hall–Kier alpha value is -2.16. The first-order chi connectivity index (χ1) is 13.3. The molecule has 0 aromatic heterocycles. The second kappa shape index (κ2) is 12.3. The first-order valence-corrected chi connectivity index (χ1v) is 9.66. The second-order valence-corrected chi connectivity index (χ2v) is 6.88. The lowest BCUT2D eigenvalue weighted by molar-refractivity contribution is -0.890. The van der Waals surface area contributed by atoms with Crippen molar-refractivity contribution < 1.29 is 24.0 Å². The molecule has 1 aromatic carbocycles. The molecule has 0 heterocycles. The summed E-state index contributed by atoms with van der Waals surface area (Å²) in [7, 11) is 8.02. The molecule has 2 amide bonds. The van der Waals surface area contributed by atoms with Gasteiger partial charge in [0.1, 0.15) is 6.04 Å². The Morgan fingerprint density at radius 3 is 1.89 bits per heavy atom. The van der Waals surface area contributed by atoms with E-state index < -0.39 is 18.1 Å². The molecule has 0 spiro atoms. The maximum atomic E-state index is 12.2. The minimum Gasteiger partial charge on any atom is -0.378 e. The Labute approximate surface area is 168 Å². The highest BCUT2D eigenvalue weighted by Gasteiger charge is 2.22. The minimum atomic E-state index is -0.695. The van der Waals surface area contributed by atoms with E-state index in [0.717, 1.165) is 16.2 Å². The van der Waals surface area contributed by atoms with E-state index in [2.05, 4.69) is 10.6 Å². The number of benzene rings is 1. The predicted molar refractivity (Wildman–Crippen MR) is 109 cm³/mol. The lowest BCUT2D eigenvalue weighted by atomic mass is 10.1. The Bertz CT molecular complexity index is 599. The van der Waals surface area contributed by atoms with Crippen molar-refractivity contribution in [1.29, 1.82) is 0 Å². The highest BCUT2D eigenvalue weighted by Crippen LogP contribution is 2.16. The van der Waals surface area contributed by atoms with Crippen molar-refractivity contribution in [2.75, 3.05) is 59.4 Å². The Morgan fingerprint density at radius 1 is 0.964 bits per heavy atom. The summed E-state index contributed by atoms with van der Waals surface area (Å²) in [4.78, 5) is 27.4. The van der Waals surface area contributed by atoms with Gasteiger partial charge in [-0.15, -0.1) is 0 Å². The highest BCUT2D eigenvalue weighted by molar-refractivity contribution is 6.35. The van der Waals surface area contributed by atoms with Crippen LogP contribution in [0.25, 0.3) is 0 Å². The molecular formula is C20H35N4O4+. The van der Waals surface area contributed by atoms with Crippen molar-refractivity contribution >= 4 is 17.5 Å². The molecule has 0 aliphatic heterocycles. The van der Waals surface area contributed by atoms with Gasteiger partial charge in [0.05, 0.1) is 27.2 Å². The zero-order valence-corrected chi connectivity index (χ0v) is 17.9. The molecule has 0 aliphatic carbocycles. The number of nitrogens with zero attached hydrogens (tertiary/aromatic N) is 1. The van der Waals surface area contributed by atoms with E-state index in [-0.39, 0.29) is 12.6 Å². The normalized spacial score (nSPS) is 12.1. The second-order valence-electron chi connectivity index (χ2n) is 6.88. The zero-order chi connectivity index (χ0) is 21.1. The fourth-order valence-electron chi connectivity index (χ4n) is 2.73. The molecule has 1 aromatic rings. The van der Waals surface area contributed by atoms with Crippen molar-refractivity contribution in [3.8, 4) is 0 Å². The number of carbonyl (C=O) groups excluding carboxylic acids is 2. The first-order valence-electron chi connectivity index (χ1n) is 9.66. The van der Waals surface area contributed by atoms with Crippen LogP contribution < -0.4 is 20.4 Å². The van der Waals surface area contributed by atoms with Crippen LogP contribution in [-0.2, 0) is 19.1 Å². The van der Waals surface area contributed by atoms with Crippen molar-refractivity contribution in [1.82, 2.24) is 10.6 Å². The summed E-state index contributed by atoms with van der Waals surface area (Å²) >= 11 is 0. The van der Waals surface area contributed by atoms with Gasteiger partial charge in [-0.25, -0.2) is 0 Å². The molecule has 0 saturated carbocycles. The molecule has 28 heavy (non-hydrogen) atoms. The summed E-state index contributed by atoms with van der Waals surface area (Å²) in [5.74, 6) is -1.36. The van der Waals surface area contributed by atoms with Crippen LogP contribution in [0, 0.1) is 0 Å². The topological polar surface area (TPSA) is 84.3 Å². The average molecular weight is 396 g/mol. The summed E-state index contributed by atoms with van der Waals surface area (Å²) < 4.78 is 10.7. The summed E-state index contributed by atoms with van der Waals surface area (Å²) in [6.07, 6.45) is -0.555. The number of quaternary nitrogens is 1. The van der Waals surface area contributed by atoms with E-state index >= 15 is 0 Å². The van der Waals surface area contributed by atoms with E-state index in [4.69, 9.17) is 9.47 Å². The van der Waals surface area contributed by atoms with E-state index in [1.807, 2.05) is 71.2 Å². The molecular weight excluding hydrogens is 360 g/mol. The third kappa shape index (κ3) is 7.84. The van der Waals surface area contributed by atoms with Gasteiger partial charge in [-0.05, 0) is 26.0 Å². The van der Waals surface area contributed by atoms with Crippen LogP contribution in [0.1, 0.15) is 25.5 Å². The number of anilines is 1. The summed E-state index contributed by atoms with van der Waals surface area (Å²) in [5.41, 5.74) is 2.21. The predicted octanol–water partition coefficient (Wildman–Crippen LogP) is -0.430. The number of rotatable bonds is 11. The van der Waals surface area contributed by atoms with Crippen LogP contribution in [0.2, 0.25) is 0 Å². The zero-order valence-electron chi connectivity index (χ0n) is 17.9. The highest BCUT2D eigenvalue weighted by atomic mass is 16.7. The molecule has 8 heteroatoms. The van der Waals surface area contributed by atoms with Gasteiger partial charge in [0.2, 0.25) is 0 Å².